The molecule has 0 saturated heterocycles. The third kappa shape index (κ3) is 6.80. The van der Waals surface area contributed by atoms with Gasteiger partial charge in [0.25, 0.3) is 5.91 Å². The number of unbranched alkanes of at least 4 members (excludes halogenated alkanes) is 1. The van der Waals surface area contributed by atoms with Gasteiger partial charge < -0.3 is 15.0 Å². The minimum absolute atomic E-state index is 0.00355. The zero-order valence-electron chi connectivity index (χ0n) is 19.8. The molecule has 4 aromatic rings. The predicted molar refractivity (Wildman–Crippen MR) is 126 cm³/mol. The summed E-state index contributed by atoms with van der Waals surface area (Å²) in [5.74, 6) is 0.00809. The number of nitrogens with zero attached hydrogens (tertiary/aromatic N) is 6. The SMILES string of the molecule is O=C(NCc1cccc(OCC(F)(F)F)n1)c1cn(CCCCc2cc3cc(C4CC4)[nH]c3nn2)nn1. The van der Waals surface area contributed by atoms with Crippen molar-refractivity contribution in [1.29, 1.82) is 0 Å². The van der Waals surface area contributed by atoms with Crippen LogP contribution in [0.4, 0.5) is 13.2 Å². The summed E-state index contributed by atoms with van der Waals surface area (Å²) in [6, 6.07) is 8.64. The molecule has 0 radical (unpaired) electrons. The van der Waals surface area contributed by atoms with Gasteiger partial charge in [-0.2, -0.15) is 18.3 Å². The largest absolute Gasteiger partial charge is 0.468 e. The second kappa shape index (κ2) is 10.5. The number of hydrogen-bond donors (Lipinski definition) is 2. The molecule has 0 aromatic carbocycles. The maximum Gasteiger partial charge on any atom is 0.422 e. The molecule has 10 nitrogen and oxygen atoms in total. The molecule has 0 spiro atoms. The minimum atomic E-state index is -4.46. The van der Waals surface area contributed by atoms with E-state index in [1.54, 1.807) is 16.9 Å². The van der Waals surface area contributed by atoms with Crippen LogP contribution in [0.25, 0.3) is 11.0 Å². The fourth-order valence-electron chi connectivity index (χ4n) is 3.88. The van der Waals surface area contributed by atoms with Crippen LogP contribution in [0.3, 0.4) is 0 Å². The Balaban J connectivity index is 1.05. The topological polar surface area (TPSA) is 124 Å². The monoisotopic (exact) mass is 514 g/mol. The number of alkyl halides is 3. The summed E-state index contributed by atoms with van der Waals surface area (Å²) in [5, 5.41) is 20.2. The molecule has 194 valence electrons. The smallest absolute Gasteiger partial charge is 0.422 e. The van der Waals surface area contributed by atoms with E-state index in [1.165, 1.54) is 30.7 Å². The van der Waals surface area contributed by atoms with Gasteiger partial charge in [-0.05, 0) is 56.2 Å². The number of fused-ring (bicyclic) bond motifs is 1. The number of carbonyl (C=O) groups excluding carboxylic acids is 1. The number of nitrogens with one attached hydrogen (secondary N) is 2. The van der Waals surface area contributed by atoms with Crippen molar-refractivity contribution >= 4 is 16.9 Å². The first kappa shape index (κ1) is 24.7. The molecule has 37 heavy (non-hydrogen) atoms. The molecular formula is C24H25F3N8O2. The molecule has 1 fully saturated rings. The lowest BCUT2D eigenvalue weighted by Crippen LogP contribution is -2.24. The summed E-state index contributed by atoms with van der Waals surface area (Å²) in [6.45, 7) is -0.842. The molecule has 4 heterocycles. The Morgan fingerprint density at radius 3 is 2.81 bits per heavy atom. The predicted octanol–water partition coefficient (Wildman–Crippen LogP) is 3.72. The number of hydrogen-bond acceptors (Lipinski definition) is 7. The van der Waals surface area contributed by atoms with Crippen LogP contribution in [0.1, 0.15) is 59.2 Å². The van der Waals surface area contributed by atoms with Gasteiger partial charge in [-0.25, -0.2) is 4.98 Å². The summed E-state index contributed by atoms with van der Waals surface area (Å²) < 4.78 is 43.1. The van der Waals surface area contributed by atoms with Gasteiger partial charge in [0.2, 0.25) is 5.88 Å². The number of halogens is 3. The lowest BCUT2D eigenvalue weighted by atomic mass is 10.1. The van der Waals surface area contributed by atoms with Crippen LogP contribution in [0.15, 0.2) is 36.5 Å². The Morgan fingerprint density at radius 2 is 2.00 bits per heavy atom. The molecule has 13 heteroatoms. The van der Waals surface area contributed by atoms with Gasteiger partial charge in [0, 0.05) is 23.7 Å². The molecule has 1 amide bonds. The van der Waals surface area contributed by atoms with Gasteiger partial charge in [0.15, 0.2) is 17.9 Å². The van der Waals surface area contributed by atoms with Crippen LogP contribution >= 0.6 is 0 Å². The number of aromatic nitrogens is 7. The summed E-state index contributed by atoms with van der Waals surface area (Å²) in [4.78, 5) is 19.7. The summed E-state index contributed by atoms with van der Waals surface area (Å²) in [5.41, 5.74) is 3.50. The second-order valence-corrected chi connectivity index (χ2v) is 9.02. The number of aryl methyl sites for hydroxylation is 2. The molecule has 0 unspecified atom stereocenters. The molecule has 0 atom stereocenters. The van der Waals surface area contributed by atoms with E-state index in [4.69, 9.17) is 0 Å². The zero-order valence-corrected chi connectivity index (χ0v) is 19.8. The molecule has 5 rings (SSSR count). The molecule has 0 bridgehead atoms. The van der Waals surface area contributed by atoms with E-state index in [2.05, 4.69) is 52.7 Å². The number of rotatable bonds is 11. The van der Waals surface area contributed by atoms with E-state index in [0.29, 0.717) is 18.2 Å². The maximum atomic E-state index is 12.4. The highest BCUT2D eigenvalue weighted by Crippen LogP contribution is 2.40. The first-order chi connectivity index (χ1) is 17.8. The van der Waals surface area contributed by atoms with Crippen LogP contribution < -0.4 is 10.1 Å². The number of H-pyrrole nitrogens is 1. The molecule has 0 aliphatic heterocycles. The van der Waals surface area contributed by atoms with Gasteiger partial charge in [-0.3, -0.25) is 9.48 Å². The molecule has 1 aliphatic rings. The Bertz CT molecular complexity index is 1380. The van der Waals surface area contributed by atoms with E-state index in [0.717, 1.165) is 36.0 Å². The number of ether oxygens (including phenoxy) is 1. The quantitative estimate of drug-likeness (QED) is 0.293. The Morgan fingerprint density at radius 1 is 1.14 bits per heavy atom. The van der Waals surface area contributed by atoms with Gasteiger partial charge in [-0.1, -0.05) is 11.3 Å². The lowest BCUT2D eigenvalue weighted by molar-refractivity contribution is -0.154. The number of pyridine rings is 1. The lowest BCUT2D eigenvalue weighted by Gasteiger charge is -2.09. The molecule has 2 N–H and O–H groups in total. The van der Waals surface area contributed by atoms with Gasteiger partial charge in [0.05, 0.1) is 24.1 Å². The maximum absolute atomic E-state index is 12.4. The summed E-state index contributed by atoms with van der Waals surface area (Å²) in [6.07, 6.45) is 2.03. The summed E-state index contributed by atoms with van der Waals surface area (Å²) >= 11 is 0. The highest BCUT2D eigenvalue weighted by atomic mass is 19.4. The molecule has 1 saturated carbocycles. The highest BCUT2D eigenvalue weighted by molar-refractivity contribution is 5.91. The van der Waals surface area contributed by atoms with Gasteiger partial charge in [0.1, 0.15) is 0 Å². The first-order valence-corrected chi connectivity index (χ1v) is 12.0. The molecule has 1 aliphatic carbocycles. The van der Waals surface area contributed by atoms with Crippen molar-refractivity contribution in [2.24, 2.45) is 0 Å². The van der Waals surface area contributed by atoms with Crippen molar-refractivity contribution in [2.75, 3.05) is 6.61 Å². The van der Waals surface area contributed by atoms with Crippen LogP contribution in [-0.4, -0.2) is 53.8 Å². The van der Waals surface area contributed by atoms with Crippen LogP contribution in [0.2, 0.25) is 0 Å². The Hall–Kier alpha value is -4.03. The van der Waals surface area contributed by atoms with E-state index in [1.807, 2.05) is 0 Å². The van der Waals surface area contributed by atoms with Gasteiger partial charge in [-0.15, -0.1) is 10.2 Å². The van der Waals surface area contributed by atoms with Crippen molar-refractivity contribution in [3.63, 3.8) is 0 Å². The standard InChI is InChI=1S/C24H25F3N8O2/c25-24(26,27)14-37-21-6-3-5-18(29-21)12-28-23(36)20-13-35(34-32-20)9-2-1-4-17-10-16-11-19(15-7-8-15)30-22(16)33-31-17/h3,5-6,10-11,13,15H,1-2,4,7-9,12,14H2,(H,28,36)(H,30,33). The number of aromatic amines is 1. The Kier molecular flexibility index (Phi) is 7.01. The fourth-order valence-corrected chi connectivity index (χ4v) is 3.88. The van der Waals surface area contributed by atoms with E-state index >= 15 is 0 Å². The second-order valence-electron chi connectivity index (χ2n) is 9.02. The number of carbonyl (C=O) groups is 1. The van der Waals surface area contributed by atoms with E-state index in [-0.39, 0.29) is 18.1 Å². The zero-order chi connectivity index (χ0) is 25.8. The molecular weight excluding hydrogens is 489 g/mol. The average molecular weight is 515 g/mol. The van der Waals surface area contributed by atoms with Crippen molar-refractivity contribution in [1.82, 2.24) is 40.5 Å². The van der Waals surface area contributed by atoms with Crippen molar-refractivity contribution < 1.29 is 22.7 Å². The van der Waals surface area contributed by atoms with Crippen LogP contribution in [0.5, 0.6) is 5.88 Å². The highest BCUT2D eigenvalue weighted by Gasteiger charge is 2.28. The van der Waals surface area contributed by atoms with Crippen molar-refractivity contribution in [3.8, 4) is 5.88 Å². The van der Waals surface area contributed by atoms with E-state index < -0.39 is 18.7 Å². The fraction of sp³-hybridized carbons (Fsp3) is 0.417. The molecule has 4 aromatic heterocycles. The van der Waals surface area contributed by atoms with Crippen molar-refractivity contribution in [2.45, 2.75) is 57.3 Å². The van der Waals surface area contributed by atoms with Crippen LogP contribution in [0, 0.1) is 0 Å². The summed E-state index contributed by atoms with van der Waals surface area (Å²) in [7, 11) is 0. The van der Waals surface area contributed by atoms with Crippen molar-refractivity contribution in [3.05, 3.63) is 59.3 Å². The number of amides is 1. The van der Waals surface area contributed by atoms with Gasteiger partial charge >= 0.3 is 6.18 Å². The third-order valence-corrected chi connectivity index (χ3v) is 5.90. The minimum Gasteiger partial charge on any atom is -0.468 e. The third-order valence-electron chi connectivity index (χ3n) is 5.90. The van der Waals surface area contributed by atoms with Crippen LogP contribution in [-0.2, 0) is 19.5 Å². The normalized spacial score (nSPS) is 13.7. The van der Waals surface area contributed by atoms with E-state index in [9.17, 15) is 18.0 Å². The first-order valence-electron chi connectivity index (χ1n) is 12.0. The Labute approximate surface area is 209 Å². The average Bonchev–Trinajstić information content (AvgIpc) is 3.47.